The second-order valence-electron chi connectivity index (χ2n) is 4.94. The molecule has 0 atom stereocenters. The standard InChI is InChI=1S/C13H24N2O2/c1-2-17-13(6-10-16-11-7-13)12(14)15-8-4-3-5-9-15/h14H,2-11H2,1H3. The fourth-order valence-corrected chi connectivity index (χ4v) is 2.83. The number of ether oxygens (including phenoxy) is 2. The summed E-state index contributed by atoms with van der Waals surface area (Å²) in [5, 5.41) is 8.47. The summed E-state index contributed by atoms with van der Waals surface area (Å²) in [5.41, 5.74) is -0.371. The van der Waals surface area contributed by atoms with Crippen LogP contribution in [0.2, 0.25) is 0 Å². The maximum atomic E-state index is 8.47. The van der Waals surface area contributed by atoms with Gasteiger partial charge in [-0.2, -0.15) is 0 Å². The SMILES string of the molecule is CCOC1(C(=N)N2CCCCC2)CCOCC1. The number of rotatable bonds is 3. The highest BCUT2D eigenvalue weighted by Crippen LogP contribution is 2.29. The molecule has 0 aromatic carbocycles. The summed E-state index contributed by atoms with van der Waals surface area (Å²) in [6.45, 7) is 6.17. The predicted molar refractivity (Wildman–Crippen MR) is 67.6 cm³/mol. The highest BCUT2D eigenvalue weighted by molar-refractivity contribution is 5.88. The zero-order valence-electron chi connectivity index (χ0n) is 10.8. The Balaban J connectivity index is 2.05. The van der Waals surface area contributed by atoms with Crippen molar-refractivity contribution >= 4 is 5.84 Å². The van der Waals surface area contributed by atoms with E-state index in [4.69, 9.17) is 14.9 Å². The van der Waals surface area contributed by atoms with Crippen LogP contribution in [0.1, 0.15) is 39.0 Å². The number of piperidine rings is 1. The fourth-order valence-electron chi connectivity index (χ4n) is 2.83. The van der Waals surface area contributed by atoms with Gasteiger partial charge in [-0.25, -0.2) is 0 Å². The molecule has 17 heavy (non-hydrogen) atoms. The number of amidine groups is 1. The van der Waals surface area contributed by atoms with E-state index in [1.807, 2.05) is 6.92 Å². The lowest BCUT2D eigenvalue weighted by molar-refractivity contribution is -0.0708. The average Bonchev–Trinajstić information content (AvgIpc) is 2.40. The molecule has 1 N–H and O–H groups in total. The molecule has 2 fully saturated rings. The average molecular weight is 240 g/mol. The molecule has 4 nitrogen and oxygen atoms in total. The minimum Gasteiger partial charge on any atom is -0.381 e. The Bertz CT molecular complexity index is 251. The molecule has 4 heteroatoms. The summed E-state index contributed by atoms with van der Waals surface area (Å²) >= 11 is 0. The second-order valence-corrected chi connectivity index (χ2v) is 4.94. The largest absolute Gasteiger partial charge is 0.381 e. The normalized spacial score (nSPS) is 24.6. The van der Waals surface area contributed by atoms with Gasteiger partial charge in [-0.3, -0.25) is 5.41 Å². The molecule has 0 spiro atoms. The van der Waals surface area contributed by atoms with Crippen molar-refractivity contribution in [3.05, 3.63) is 0 Å². The van der Waals surface area contributed by atoms with Crippen LogP contribution >= 0.6 is 0 Å². The Morgan fingerprint density at radius 1 is 1.24 bits per heavy atom. The third kappa shape index (κ3) is 2.80. The van der Waals surface area contributed by atoms with E-state index in [0.717, 1.165) is 39.1 Å². The molecule has 0 radical (unpaired) electrons. The van der Waals surface area contributed by atoms with Crippen molar-refractivity contribution in [2.24, 2.45) is 0 Å². The molecule has 0 unspecified atom stereocenters. The Labute approximate surface area is 104 Å². The first-order valence-electron chi connectivity index (χ1n) is 6.84. The quantitative estimate of drug-likeness (QED) is 0.606. The zero-order valence-corrected chi connectivity index (χ0v) is 10.8. The van der Waals surface area contributed by atoms with Gasteiger partial charge >= 0.3 is 0 Å². The molecule has 2 saturated heterocycles. The van der Waals surface area contributed by atoms with E-state index in [2.05, 4.69) is 4.90 Å². The summed E-state index contributed by atoms with van der Waals surface area (Å²) < 4.78 is 11.4. The highest BCUT2D eigenvalue weighted by Gasteiger charge is 2.40. The van der Waals surface area contributed by atoms with E-state index in [-0.39, 0.29) is 5.60 Å². The van der Waals surface area contributed by atoms with E-state index in [1.54, 1.807) is 0 Å². The Morgan fingerprint density at radius 2 is 1.88 bits per heavy atom. The molecule has 2 aliphatic heterocycles. The van der Waals surface area contributed by atoms with Crippen LogP contribution in [0.4, 0.5) is 0 Å². The van der Waals surface area contributed by atoms with Gasteiger partial charge in [-0.15, -0.1) is 0 Å². The van der Waals surface area contributed by atoms with Crippen molar-refractivity contribution in [3.8, 4) is 0 Å². The lowest BCUT2D eigenvalue weighted by Crippen LogP contribution is -2.54. The summed E-state index contributed by atoms with van der Waals surface area (Å²) in [4.78, 5) is 2.21. The monoisotopic (exact) mass is 240 g/mol. The molecule has 0 bridgehead atoms. The van der Waals surface area contributed by atoms with Gasteiger partial charge in [-0.05, 0) is 26.2 Å². The number of nitrogens with zero attached hydrogens (tertiary/aromatic N) is 1. The van der Waals surface area contributed by atoms with Crippen LogP contribution in [0.15, 0.2) is 0 Å². The van der Waals surface area contributed by atoms with Crippen LogP contribution in [0.3, 0.4) is 0 Å². The van der Waals surface area contributed by atoms with Crippen LogP contribution in [0.25, 0.3) is 0 Å². The van der Waals surface area contributed by atoms with Crippen molar-refractivity contribution in [1.82, 2.24) is 4.90 Å². The Hall–Kier alpha value is -0.610. The van der Waals surface area contributed by atoms with Crippen molar-refractivity contribution in [1.29, 1.82) is 5.41 Å². The van der Waals surface area contributed by atoms with Crippen LogP contribution in [0, 0.1) is 5.41 Å². The van der Waals surface area contributed by atoms with Gasteiger partial charge in [-0.1, -0.05) is 0 Å². The van der Waals surface area contributed by atoms with E-state index < -0.39 is 0 Å². The van der Waals surface area contributed by atoms with Gasteiger partial charge in [0.2, 0.25) is 0 Å². The number of hydrogen-bond acceptors (Lipinski definition) is 3. The van der Waals surface area contributed by atoms with Gasteiger partial charge in [0.05, 0.1) is 0 Å². The lowest BCUT2D eigenvalue weighted by Gasteiger charge is -2.42. The molecule has 2 heterocycles. The molecular weight excluding hydrogens is 216 g/mol. The summed E-state index contributed by atoms with van der Waals surface area (Å²) in [6.07, 6.45) is 5.38. The third-order valence-corrected chi connectivity index (χ3v) is 3.82. The van der Waals surface area contributed by atoms with Gasteiger partial charge in [0.15, 0.2) is 0 Å². The first-order chi connectivity index (χ1) is 8.28. The van der Waals surface area contributed by atoms with E-state index in [1.165, 1.54) is 19.3 Å². The summed E-state index contributed by atoms with van der Waals surface area (Å²) in [6, 6.07) is 0. The van der Waals surface area contributed by atoms with Crippen molar-refractivity contribution in [2.45, 2.75) is 44.6 Å². The molecule has 98 valence electrons. The summed E-state index contributed by atoms with van der Waals surface area (Å²) in [7, 11) is 0. The lowest BCUT2D eigenvalue weighted by atomic mass is 9.90. The van der Waals surface area contributed by atoms with Crippen LogP contribution < -0.4 is 0 Å². The Morgan fingerprint density at radius 3 is 2.47 bits per heavy atom. The van der Waals surface area contributed by atoms with Gasteiger partial charge in [0.25, 0.3) is 0 Å². The predicted octanol–water partition coefficient (Wildman–Crippen LogP) is 2.04. The Kier molecular flexibility index (Phi) is 4.40. The van der Waals surface area contributed by atoms with Crippen LogP contribution in [-0.2, 0) is 9.47 Å². The van der Waals surface area contributed by atoms with Gasteiger partial charge in [0, 0.05) is 45.8 Å². The molecule has 0 aromatic heterocycles. The van der Waals surface area contributed by atoms with Crippen molar-refractivity contribution < 1.29 is 9.47 Å². The second kappa shape index (κ2) is 5.83. The van der Waals surface area contributed by atoms with E-state index >= 15 is 0 Å². The highest BCUT2D eigenvalue weighted by atomic mass is 16.5. The molecule has 2 aliphatic rings. The molecular formula is C13H24N2O2. The first-order valence-corrected chi connectivity index (χ1v) is 6.84. The first kappa shape index (κ1) is 12.8. The number of nitrogens with one attached hydrogen (secondary N) is 1. The minimum atomic E-state index is -0.371. The van der Waals surface area contributed by atoms with Crippen LogP contribution in [0.5, 0.6) is 0 Å². The third-order valence-electron chi connectivity index (χ3n) is 3.82. The number of likely N-dealkylation sites (tertiary alicyclic amines) is 1. The minimum absolute atomic E-state index is 0.371. The van der Waals surface area contributed by atoms with Crippen molar-refractivity contribution in [2.75, 3.05) is 32.9 Å². The molecule has 0 amide bonds. The molecule has 0 aromatic rings. The maximum absolute atomic E-state index is 8.47. The maximum Gasteiger partial charge on any atom is 0.129 e. The van der Waals surface area contributed by atoms with Crippen molar-refractivity contribution in [3.63, 3.8) is 0 Å². The van der Waals surface area contributed by atoms with Crippen LogP contribution in [-0.4, -0.2) is 49.2 Å². The molecule has 2 rings (SSSR count). The fraction of sp³-hybridized carbons (Fsp3) is 0.923. The topological polar surface area (TPSA) is 45.5 Å². The number of hydrogen-bond donors (Lipinski definition) is 1. The smallest absolute Gasteiger partial charge is 0.129 e. The van der Waals surface area contributed by atoms with E-state index in [9.17, 15) is 0 Å². The van der Waals surface area contributed by atoms with Gasteiger partial charge < -0.3 is 14.4 Å². The summed E-state index contributed by atoms with van der Waals surface area (Å²) in [5.74, 6) is 0.697. The molecule has 0 aliphatic carbocycles. The van der Waals surface area contributed by atoms with E-state index in [0.29, 0.717) is 12.4 Å². The molecule has 0 saturated carbocycles. The van der Waals surface area contributed by atoms with Gasteiger partial charge in [0.1, 0.15) is 11.4 Å². The zero-order chi connectivity index (χ0) is 12.1.